The van der Waals surface area contributed by atoms with Gasteiger partial charge in [-0.3, -0.25) is 4.79 Å². The van der Waals surface area contributed by atoms with Crippen molar-refractivity contribution in [3.63, 3.8) is 0 Å². The van der Waals surface area contributed by atoms with Gasteiger partial charge in [-0.25, -0.2) is 0 Å². The lowest BCUT2D eigenvalue weighted by Gasteiger charge is -2.24. The molecule has 4 nitrogen and oxygen atoms in total. The van der Waals surface area contributed by atoms with Gasteiger partial charge in [-0.05, 0) is 25.8 Å². The van der Waals surface area contributed by atoms with Gasteiger partial charge in [-0.1, -0.05) is 13.8 Å². The van der Waals surface area contributed by atoms with E-state index in [0.29, 0.717) is 19.0 Å². The van der Waals surface area contributed by atoms with Gasteiger partial charge < -0.3 is 14.9 Å². The first kappa shape index (κ1) is 14.5. The van der Waals surface area contributed by atoms with Crippen LogP contribution in [0.1, 0.15) is 27.2 Å². The number of likely N-dealkylation sites (N-methyl/N-ethyl adjacent to an activating group) is 1. The van der Waals surface area contributed by atoms with E-state index in [1.165, 1.54) is 0 Å². The van der Waals surface area contributed by atoms with Crippen LogP contribution in [-0.4, -0.2) is 60.1 Å². The van der Waals surface area contributed by atoms with E-state index in [9.17, 15) is 4.79 Å². The number of likely N-dealkylation sites (tertiary alicyclic amines) is 1. The van der Waals surface area contributed by atoms with Gasteiger partial charge in [0.2, 0.25) is 5.91 Å². The van der Waals surface area contributed by atoms with E-state index in [-0.39, 0.29) is 18.4 Å². The maximum absolute atomic E-state index is 12.2. The lowest BCUT2D eigenvalue weighted by Crippen LogP contribution is -2.39. The number of aliphatic hydroxyl groups is 1. The van der Waals surface area contributed by atoms with E-state index in [1.807, 2.05) is 6.92 Å². The van der Waals surface area contributed by atoms with Crippen molar-refractivity contribution >= 4 is 5.91 Å². The third kappa shape index (κ3) is 4.28. The summed E-state index contributed by atoms with van der Waals surface area (Å²) in [5.41, 5.74) is 0. The van der Waals surface area contributed by atoms with Gasteiger partial charge in [-0.15, -0.1) is 0 Å². The van der Waals surface area contributed by atoms with Crippen molar-refractivity contribution < 1.29 is 9.90 Å². The van der Waals surface area contributed by atoms with Crippen molar-refractivity contribution in [1.82, 2.24) is 9.80 Å². The second-order valence-electron chi connectivity index (χ2n) is 5.28. The minimum atomic E-state index is 0.0575. The molecule has 1 aliphatic rings. The number of rotatable bonds is 6. The minimum Gasteiger partial charge on any atom is -0.395 e. The maximum atomic E-state index is 12.2. The maximum Gasteiger partial charge on any atom is 0.227 e. The fraction of sp³-hybridized carbons (Fsp3) is 0.923. The third-order valence-corrected chi connectivity index (χ3v) is 3.31. The normalized spacial score (nSPS) is 21.1. The summed E-state index contributed by atoms with van der Waals surface area (Å²) in [5.74, 6) is 1.01. The largest absolute Gasteiger partial charge is 0.395 e. The topological polar surface area (TPSA) is 43.8 Å². The molecule has 1 aliphatic heterocycles. The highest BCUT2D eigenvalue weighted by Crippen LogP contribution is 2.19. The quantitative estimate of drug-likeness (QED) is 0.749. The Morgan fingerprint density at radius 3 is 2.76 bits per heavy atom. The van der Waals surface area contributed by atoms with Crippen LogP contribution in [0.4, 0.5) is 0 Å². The van der Waals surface area contributed by atoms with Crippen molar-refractivity contribution in [2.45, 2.75) is 27.2 Å². The van der Waals surface area contributed by atoms with E-state index in [1.54, 1.807) is 4.90 Å². The zero-order chi connectivity index (χ0) is 12.8. The number of hydrogen-bond acceptors (Lipinski definition) is 3. The Balaban J connectivity index is 2.43. The molecule has 0 bridgehead atoms. The monoisotopic (exact) mass is 242 g/mol. The summed E-state index contributed by atoms with van der Waals surface area (Å²) in [6, 6.07) is 0. The van der Waals surface area contributed by atoms with Crippen LogP contribution in [0.2, 0.25) is 0 Å². The van der Waals surface area contributed by atoms with Crippen LogP contribution < -0.4 is 0 Å². The van der Waals surface area contributed by atoms with Crippen LogP contribution in [0.5, 0.6) is 0 Å². The van der Waals surface area contributed by atoms with Gasteiger partial charge in [-0.2, -0.15) is 0 Å². The van der Waals surface area contributed by atoms with Crippen LogP contribution in [0.25, 0.3) is 0 Å². The number of carbonyl (C=O) groups is 1. The number of carbonyl (C=O) groups excluding carboxylic acids is 1. The van der Waals surface area contributed by atoms with Gasteiger partial charge in [0, 0.05) is 26.2 Å². The molecule has 0 aromatic heterocycles. The highest BCUT2D eigenvalue weighted by atomic mass is 16.3. The van der Waals surface area contributed by atoms with Crippen molar-refractivity contribution in [3.05, 3.63) is 0 Å². The second kappa shape index (κ2) is 6.97. The minimum absolute atomic E-state index is 0.0575. The highest BCUT2D eigenvalue weighted by Gasteiger charge is 2.30. The van der Waals surface area contributed by atoms with Crippen LogP contribution >= 0.6 is 0 Å². The molecular formula is C13H26N2O2. The number of aliphatic hydroxyl groups excluding tert-OH is 1. The molecule has 1 amide bonds. The molecule has 1 heterocycles. The molecule has 100 valence electrons. The second-order valence-corrected chi connectivity index (χ2v) is 5.28. The summed E-state index contributed by atoms with van der Waals surface area (Å²) >= 11 is 0. The molecule has 17 heavy (non-hydrogen) atoms. The van der Waals surface area contributed by atoms with Gasteiger partial charge in [0.05, 0.1) is 12.5 Å². The summed E-state index contributed by atoms with van der Waals surface area (Å²) in [6.45, 7) is 10.6. The highest BCUT2D eigenvalue weighted by molar-refractivity contribution is 5.79. The molecular weight excluding hydrogens is 216 g/mol. The average Bonchev–Trinajstić information content (AvgIpc) is 2.72. The molecule has 0 aromatic carbocycles. The number of nitrogens with zero attached hydrogens (tertiary/aromatic N) is 2. The molecule has 0 saturated carbocycles. The Morgan fingerprint density at radius 1 is 1.53 bits per heavy atom. The molecule has 1 atom stereocenters. The fourth-order valence-corrected chi connectivity index (χ4v) is 2.52. The van der Waals surface area contributed by atoms with Crippen molar-refractivity contribution in [3.8, 4) is 0 Å². The molecule has 1 N–H and O–H groups in total. The van der Waals surface area contributed by atoms with E-state index >= 15 is 0 Å². The Hall–Kier alpha value is -0.610. The van der Waals surface area contributed by atoms with Crippen molar-refractivity contribution in [2.75, 3.05) is 39.3 Å². The summed E-state index contributed by atoms with van der Waals surface area (Å²) < 4.78 is 0. The van der Waals surface area contributed by atoms with Crippen LogP contribution in [0.15, 0.2) is 0 Å². The summed E-state index contributed by atoms with van der Waals surface area (Å²) in [5, 5.41) is 8.93. The molecule has 0 spiro atoms. The summed E-state index contributed by atoms with van der Waals surface area (Å²) in [4.78, 5) is 16.3. The van der Waals surface area contributed by atoms with Crippen LogP contribution in [0.3, 0.4) is 0 Å². The summed E-state index contributed by atoms with van der Waals surface area (Å²) in [7, 11) is 0. The lowest BCUT2D eigenvalue weighted by molar-refractivity contribution is -0.135. The number of hydrogen-bond donors (Lipinski definition) is 1. The van der Waals surface area contributed by atoms with Crippen molar-refractivity contribution in [2.24, 2.45) is 11.8 Å². The molecule has 0 aliphatic carbocycles. The van der Waals surface area contributed by atoms with Gasteiger partial charge >= 0.3 is 0 Å². The molecule has 1 saturated heterocycles. The smallest absolute Gasteiger partial charge is 0.227 e. The van der Waals surface area contributed by atoms with E-state index < -0.39 is 0 Å². The fourth-order valence-electron chi connectivity index (χ4n) is 2.52. The SMILES string of the molecule is CCN(CCO)C(=O)C1CCN(CC(C)C)C1. The first-order valence-electron chi connectivity index (χ1n) is 6.70. The molecule has 1 unspecified atom stereocenters. The Morgan fingerprint density at radius 2 is 2.24 bits per heavy atom. The Bertz CT molecular complexity index is 244. The molecule has 0 radical (unpaired) electrons. The summed E-state index contributed by atoms with van der Waals surface area (Å²) in [6.07, 6.45) is 0.966. The van der Waals surface area contributed by atoms with Gasteiger partial charge in [0.25, 0.3) is 0 Å². The van der Waals surface area contributed by atoms with E-state index in [2.05, 4.69) is 18.7 Å². The molecule has 0 aromatic rings. The predicted octanol–water partition coefficient (Wildman–Crippen LogP) is 0.805. The zero-order valence-corrected chi connectivity index (χ0v) is 11.4. The van der Waals surface area contributed by atoms with Crippen LogP contribution in [-0.2, 0) is 4.79 Å². The number of amides is 1. The van der Waals surface area contributed by atoms with Gasteiger partial charge in [0.1, 0.15) is 0 Å². The van der Waals surface area contributed by atoms with E-state index in [0.717, 1.165) is 26.1 Å². The standard InChI is InChI=1S/C13H26N2O2/c1-4-15(7-8-16)13(17)12-5-6-14(10-12)9-11(2)3/h11-12,16H,4-10H2,1-3H3. The third-order valence-electron chi connectivity index (χ3n) is 3.31. The lowest BCUT2D eigenvalue weighted by atomic mass is 10.1. The molecule has 4 heteroatoms. The van der Waals surface area contributed by atoms with E-state index in [4.69, 9.17) is 5.11 Å². The Kier molecular flexibility index (Phi) is 5.92. The van der Waals surface area contributed by atoms with Crippen molar-refractivity contribution in [1.29, 1.82) is 0 Å². The molecule has 1 fully saturated rings. The zero-order valence-electron chi connectivity index (χ0n) is 11.4. The first-order chi connectivity index (χ1) is 8.08. The van der Waals surface area contributed by atoms with Gasteiger partial charge in [0.15, 0.2) is 0 Å². The Labute approximate surface area is 105 Å². The predicted molar refractivity (Wildman–Crippen MR) is 68.7 cm³/mol. The van der Waals surface area contributed by atoms with Crippen LogP contribution in [0, 0.1) is 11.8 Å². The first-order valence-corrected chi connectivity index (χ1v) is 6.70. The molecule has 1 rings (SSSR count). The average molecular weight is 242 g/mol.